The third-order valence-electron chi connectivity index (χ3n) is 3.38. The van der Waals surface area contributed by atoms with E-state index in [-0.39, 0.29) is 5.69 Å². The van der Waals surface area contributed by atoms with Gasteiger partial charge in [-0.2, -0.15) is 18.2 Å². The normalized spacial score (nSPS) is 12.1. The number of aromatic nitrogens is 2. The summed E-state index contributed by atoms with van der Waals surface area (Å²) in [6, 6.07) is 4.77. The molecule has 0 aliphatic rings. The third-order valence-corrected chi connectivity index (χ3v) is 3.38. The van der Waals surface area contributed by atoms with E-state index >= 15 is 0 Å². The molecule has 0 bridgehead atoms. The summed E-state index contributed by atoms with van der Waals surface area (Å²) >= 11 is 0. The number of hydrogen-bond donors (Lipinski definition) is 1. The van der Waals surface area contributed by atoms with E-state index in [1.54, 1.807) is 6.08 Å². The largest absolute Gasteiger partial charge is 0.433 e. The number of nitrogens with one attached hydrogen (secondary N) is 1. The minimum atomic E-state index is -4.65. The molecule has 0 aliphatic carbocycles. The molecule has 0 saturated carbocycles. The van der Waals surface area contributed by atoms with Gasteiger partial charge in [-0.3, -0.25) is 0 Å². The Hall–Kier alpha value is -2.37. The molecule has 1 aromatic carbocycles. The second kappa shape index (κ2) is 5.79. The second-order valence-corrected chi connectivity index (χ2v) is 5.15. The van der Waals surface area contributed by atoms with Crippen LogP contribution in [-0.2, 0) is 6.18 Å². The number of aryl methyl sites for hydroxylation is 3. The molecule has 1 heterocycles. The standard InChI is InChI=1S/C16H15F3N2O/c1-9-6-11(3)12(7-10(9)2)4-5-13-8-14(16(17,18)19)21-15(22)20-13/h4-8H,1-3H3,(H,20,21,22). The Balaban J connectivity index is 2.41. The minimum absolute atomic E-state index is 0.0601. The maximum absolute atomic E-state index is 12.6. The van der Waals surface area contributed by atoms with Gasteiger partial charge >= 0.3 is 11.9 Å². The van der Waals surface area contributed by atoms with E-state index in [4.69, 9.17) is 0 Å². The summed E-state index contributed by atoms with van der Waals surface area (Å²) in [5.41, 5.74) is 1.96. The third kappa shape index (κ3) is 3.63. The Morgan fingerprint density at radius 2 is 1.64 bits per heavy atom. The number of nitrogens with zero attached hydrogens (tertiary/aromatic N) is 1. The molecule has 6 heteroatoms. The van der Waals surface area contributed by atoms with Crippen molar-refractivity contribution < 1.29 is 13.2 Å². The van der Waals surface area contributed by atoms with Gasteiger partial charge in [0.2, 0.25) is 0 Å². The average molecular weight is 308 g/mol. The Morgan fingerprint density at radius 3 is 2.27 bits per heavy atom. The van der Waals surface area contributed by atoms with Crippen molar-refractivity contribution in [3.05, 3.63) is 62.3 Å². The van der Waals surface area contributed by atoms with E-state index in [2.05, 4.69) is 9.97 Å². The predicted octanol–water partition coefficient (Wildman–Crippen LogP) is 3.88. The van der Waals surface area contributed by atoms with Crippen molar-refractivity contribution in [2.24, 2.45) is 0 Å². The van der Waals surface area contributed by atoms with E-state index in [0.717, 1.165) is 28.3 Å². The van der Waals surface area contributed by atoms with Crippen molar-refractivity contribution in [2.75, 3.05) is 0 Å². The van der Waals surface area contributed by atoms with Gasteiger partial charge in [0.05, 0.1) is 0 Å². The fourth-order valence-corrected chi connectivity index (χ4v) is 2.05. The molecule has 0 amide bonds. The highest BCUT2D eigenvalue weighted by Gasteiger charge is 2.33. The molecule has 0 aliphatic heterocycles. The number of alkyl halides is 3. The molecule has 0 unspecified atom stereocenters. The van der Waals surface area contributed by atoms with Crippen molar-refractivity contribution in [3.8, 4) is 0 Å². The Labute approximate surface area is 125 Å². The zero-order valence-electron chi connectivity index (χ0n) is 12.4. The SMILES string of the molecule is Cc1cc(C)c(C=Cc2cc(C(F)(F)F)nc(=O)[nH]2)cc1C. The van der Waals surface area contributed by atoms with Gasteiger partial charge < -0.3 is 4.98 Å². The summed E-state index contributed by atoms with van der Waals surface area (Å²) < 4.78 is 37.9. The number of halogens is 3. The number of benzene rings is 1. The van der Waals surface area contributed by atoms with Crippen LogP contribution in [0.25, 0.3) is 12.2 Å². The average Bonchev–Trinajstić information content (AvgIpc) is 2.40. The number of aromatic amines is 1. The topological polar surface area (TPSA) is 45.8 Å². The molecule has 1 N–H and O–H groups in total. The van der Waals surface area contributed by atoms with Gasteiger partial charge in [0.1, 0.15) is 0 Å². The first-order chi connectivity index (χ1) is 10.2. The number of H-pyrrole nitrogens is 1. The van der Waals surface area contributed by atoms with Gasteiger partial charge in [-0.15, -0.1) is 0 Å². The Morgan fingerprint density at radius 1 is 1.00 bits per heavy atom. The molecule has 2 aromatic rings. The fraction of sp³-hybridized carbons (Fsp3) is 0.250. The highest BCUT2D eigenvalue weighted by molar-refractivity contribution is 5.70. The number of rotatable bonds is 2. The molecule has 0 spiro atoms. The molecule has 0 atom stereocenters. The fourth-order valence-electron chi connectivity index (χ4n) is 2.05. The van der Waals surface area contributed by atoms with Crippen molar-refractivity contribution in [1.29, 1.82) is 0 Å². The van der Waals surface area contributed by atoms with Gasteiger partial charge in [0, 0.05) is 5.69 Å². The molecule has 1 aromatic heterocycles. The van der Waals surface area contributed by atoms with Crippen LogP contribution in [0.2, 0.25) is 0 Å². The van der Waals surface area contributed by atoms with Crippen LogP contribution in [0.1, 0.15) is 33.6 Å². The van der Waals surface area contributed by atoms with Crippen molar-refractivity contribution in [2.45, 2.75) is 26.9 Å². The van der Waals surface area contributed by atoms with Gasteiger partial charge in [-0.25, -0.2) is 4.79 Å². The van der Waals surface area contributed by atoms with Crippen LogP contribution in [0.15, 0.2) is 23.0 Å². The van der Waals surface area contributed by atoms with Crippen molar-refractivity contribution >= 4 is 12.2 Å². The molecule has 0 saturated heterocycles. The van der Waals surface area contributed by atoms with E-state index in [0.29, 0.717) is 0 Å². The molecular weight excluding hydrogens is 293 g/mol. The van der Waals surface area contributed by atoms with Crippen molar-refractivity contribution in [1.82, 2.24) is 9.97 Å². The summed E-state index contributed by atoms with van der Waals surface area (Å²) in [5.74, 6) is 0. The van der Waals surface area contributed by atoms with Crippen LogP contribution in [0.5, 0.6) is 0 Å². The van der Waals surface area contributed by atoms with Crippen LogP contribution < -0.4 is 5.69 Å². The second-order valence-electron chi connectivity index (χ2n) is 5.15. The lowest BCUT2D eigenvalue weighted by atomic mass is 10.0. The van der Waals surface area contributed by atoms with Crippen LogP contribution in [0.4, 0.5) is 13.2 Å². The smallest absolute Gasteiger partial charge is 0.306 e. The first kappa shape index (κ1) is 16.0. The van der Waals surface area contributed by atoms with E-state index < -0.39 is 17.6 Å². The summed E-state index contributed by atoms with van der Waals surface area (Å²) in [6.45, 7) is 5.87. The lowest BCUT2D eigenvalue weighted by molar-refractivity contribution is -0.141. The van der Waals surface area contributed by atoms with Gasteiger partial charge in [-0.1, -0.05) is 18.2 Å². The highest BCUT2D eigenvalue weighted by atomic mass is 19.4. The summed E-state index contributed by atoms with van der Waals surface area (Å²) in [6.07, 6.45) is -1.53. The van der Waals surface area contributed by atoms with Crippen LogP contribution >= 0.6 is 0 Å². The lowest BCUT2D eigenvalue weighted by Crippen LogP contribution is -2.19. The first-order valence-electron chi connectivity index (χ1n) is 6.61. The van der Waals surface area contributed by atoms with E-state index in [9.17, 15) is 18.0 Å². The molecule has 2 rings (SSSR count). The summed E-state index contributed by atoms with van der Waals surface area (Å²) in [7, 11) is 0. The minimum Gasteiger partial charge on any atom is -0.306 e. The van der Waals surface area contributed by atoms with Crippen LogP contribution in [0.3, 0.4) is 0 Å². The van der Waals surface area contributed by atoms with Crippen molar-refractivity contribution in [3.63, 3.8) is 0 Å². The van der Waals surface area contributed by atoms with E-state index in [1.807, 2.05) is 32.9 Å². The Bertz CT molecular complexity index is 789. The molecular formula is C16H15F3N2O. The quantitative estimate of drug-likeness (QED) is 0.915. The van der Waals surface area contributed by atoms with Crippen LogP contribution in [-0.4, -0.2) is 9.97 Å². The lowest BCUT2D eigenvalue weighted by Gasteiger charge is -2.07. The molecule has 3 nitrogen and oxygen atoms in total. The first-order valence-corrected chi connectivity index (χ1v) is 6.61. The summed E-state index contributed by atoms with van der Waals surface area (Å²) in [5, 5.41) is 0. The zero-order valence-corrected chi connectivity index (χ0v) is 12.4. The number of hydrogen-bond acceptors (Lipinski definition) is 2. The maximum Gasteiger partial charge on any atom is 0.433 e. The van der Waals surface area contributed by atoms with Crippen LogP contribution in [0, 0.1) is 20.8 Å². The van der Waals surface area contributed by atoms with E-state index in [1.165, 1.54) is 6.08 Å². The van der Waals surface area contributed by atoms with Gasteiger partial charge in [-0.05, 0) is 55.2 Å². The van der Waals surface area contributed by atoms with Gasteiger partial charge in [0.15, 0.2) is 5.69 Å². The van der Waals surface area contributed by atoms with Gasteiger partial charge in [0.25, 0.3) is 0 Å². The highest BCUT2D eigenvalue weighted by Crippen LogP contribution is 2.27. The summed E-state index contributed by atoms with van der Waals surface area (Å²) in [4.78, 5) is 16.4. The monoisotopic (exact) mass is 308 g/mol. The molecule has 116 valence electrons. The Kier molecular flexibility index (Phi) is 4.21. The molecule has 0 fully saturated rings. The molecule has 22 heavy (non-hydrogen) atoms. The molecule has 0 radical (unpaired) electrons. The zero-order chi connectivity index (χ0) is 16.5. The predicted molar refractivity (Wildman–Crippen MR) is 79.4 cm³/mol. The maximum atomic E-state index is 12.6.